The highest BCUT2D eigenvalue weighted by atomic mass is 31.1. The van der Waals surface area contributed by atoms with E-state index < -0.39 is 7.92 Å². The lowest BCUT2D eigenvalue weighted by molar-refractivity contribution is 0.112. The van der Waals surface area contributed by atoms with Crippen molar-refractivity contribution in [2.24, 2.45) is 0 Å². The topological polar surface area (TPSA) is 34.1 Å². The molecule has 0 unspecified atom stereocenters. The number of carbonyl (C=O) groups excluding carboxylic acids is 2. The summed E-state index contributed by atoms with van der Waals surface area (Å²) in [5, 5.41) is 3.38. The van der Waals surface area contributed by atoms with Crippen molar-refractivity contribution in [1.82, 2.24) is 0 Å². The van der Waals surface area contributed by atoms with Gasteiger partial charge in [0.25, 0.3) is 0 Å². The van der Waals surface area contributed by atoms with Crippen molar-refractivity contribution in [1.29, 1.82) is 0 Å². The molecule has 0 bridgehead atoms. The van der Waals surface area contributed by atoms with Gasteiger partial charge in [-0.25, -0.2) is 0 Å². The molecule has 2 nitrogen and oxygen atoms in total. The Morgan fingerprint density at radius 2 is 1.00 bits per heavy atom. The highest BCUT2D eigenvalue weighted by Crippen LogP contribution is 2.33. The maximum atomic E-state index is 11.2. The summed E-state index contributed by atoms with van der Waals surface area (Å²) >= 11 is 0. The van der Waals surface area contributed by atoms with Gasteiger partial charge in [-0.3, -0.25) is 9.59 Å². The lowest BCUT2D eigenvalue weighted by Crippen LogP contribution is -2.21. The van der Waals surface area contributed by atoms with Crippen LogP contribution in [-0.2, 0) is 0 Å². The molecule has 0 saturated carbocycles. The molecule has 0 aliphatic carbocycles. The van der Waals surface area contributed by atoms with Crippen LogP contribution in [0.5, 0.6) is 0 Å². The summed E-state index contributed by atoms with van der Waals surface area (Å²) in [5.41, 5.74) is 1.06. The van der Waals surface area contributed by atoms with Crippen molar-refractivity contribution in [2.75, 3.05) is 0 Å². The molecule has 0 amide bonds. The standard InChI is InChI=1S/C20H15O2P/c21-14-16-11-17(15-22)13-20(12-16)23(18-7-3-1-4-8-18)19-9-5-2-6-10-19/h1-15H. The summed E-state index contributed by atoms with van der Waals surface area (Å²) < 4.78 is 0. The van der Waals surface area contributed by atoms with Gasteiger partial charge in [-0.05, 0) is 42.0 Å². The summed E-state index contributed by atoms with van der Waals surface area (Å²) in [6.07, 6.45) is 1.58. The quantitative estimate of drug-likeness (QED) is 0.535. The van der Waals surface area contributed by atoms with Crippen molar-refractivity contribution in [2.45, 2.75) is 0 Å². The van der Waals surface area contributed by atoms with Gasteiger partial charge in [-0.1, -0.05) is 60.7 Å². The number of hydrogen-bond acceptors (Lipinski definition) is 2. The van der Waals surface area contributed by atoms with Crippen LogP contribution < -0.4 is 15.9 Å². The monoisotopic (exact) mass is 318 g/mol. The Kier molecular flexibility index (Phi) is 4.75. The molecule has 0 aliphatic rings. The van der Waals surface area contributed by atoms with Crippen molar-refractivity contribution in [3.8, 4) is 0 Å². The molecule has 0 radical (unpaired) electrons. The molecule has 3 heteroatoms. The van der Waals surface area contributed by atoms with E-state index in [0.29, 0.717) is 11.1 Å². The van der Waals surface area contributed by atoms with Crippen molar-refractivity contribution < 1.29 is 9.59 Å². The zero-order valence-electron chi connectivity index (χ0n) is 12.4. The van der Waals surface area contributed by atoms with E-state index in [0.717, 1.165) is 17.9 Å². The van der Waals surface area contributed by atoms with Crippen LogP contribution in [0.3, 0.4) is 0 Å². The van der Waals surface area contributed by atoms with Crippen molar-refractivity contribution in [3.05, 3.63) is 90.0 Å². The minimum atomic E-state index is -0.808. The Labute approximate surface area is 136 Å². The third-order valence-electron chi connectivity index (χ3n) is 3.52. The average molecular weight is 318 g/mol. The van der Waals surface area contributed by atoms with Gasteiger partial charge in [0, 0.05) is 11.1 Å². The Balaban J connectivity index is 2.20. The molecule has 0 aromatic heterocycles. The summed E-state index contributed by atoms with van der Waals surface area (Å²) in [6.45, 7) is 0. The Hall–Kier alpha value is -2.57. The maximum Gasteiger partial charge on any atom is 0.150 e. The third-order valence-corrected chi connectivity index (χ3v) is 5.93. The van der Waals surface area contributed by atoms with Gasteiger partial charge in [0.1, 0.15) is 12.6 Å². The van der Waals surface area contributed by atoms with Crippen molar-refractivity contribution in [3.63, 3.8) is 0 Å². The van der Waals surface area contributed by atoms with Crippen LogP contribution in [0.25, 0.3) is 0 Å². The first-order valence-corrected chi connectivity index (χ1v) is 8.61. The van der Waals surface area contributed by atoms with Crippen LogP contribution in [0, 0.1) is 0 Å². The molecule has 3 aromatic carbocycles. The predicted octanol–water partition coefficient (Wildman–Crippen LogP) is 3.07. The predicted molar refractivity (Wildman–Crippen MR) is 95.9 cm³/mol. The van der Waals surface area contributed by atoms with E-state index in [4.69, 9.17) is 0 Å². The van der Waals surface area contributed by atoms with Gasteiger partial charge in [0.2, 0.25) is 0 Å². The highest BCUT2D eigenvalue weighted by molar-refractivity contribution is 7.79. The first-order chi connectivity index (χ1) is 11.3. The fraction of sp³-hybridized carbons (Fsp3) is 0. The third kappa shape index (κ3) is 3.44. The number of aldehydes is 2. The van der Waals surface area contributed by atoms with Crippen LogP contribution in [0.2, 0.25) is 0 Å². The molecular formula is C20H15O2P. The molecule has 0 fully saturated rings. The molecular weight excluding hydrogens is 303 g/mol. The number of carbonyl (C=O) groups is 2. The lowest BCUT2D eigenvalue weighted by atomic mass is 10.1. The molecule has 0 N–H and O–H groups in total. The Morgan fingerprint density at radius 3 is 1.39 bits per heavy atom. The summed E-state index contributed by atoms with van der Waals surface area (Å²) in [5.74, 6) is 0. The SMILES string of the molecule is O=Cc1cc(C=O)cc(P(c2ccccc2)c2ccccc2)c1. The van der Waals surface area contributed by atoms with Crippen molar-refractivity contribution >= 4 is 36.4 Å². The largest absolute Gasteiger partial charge is 0.298 e. The summed E-state index contributed by atoms with van der Waals surface area (Å²) in [6, 6.07) is 25.8. The maximum absolute atomic E-state index is 11.2. The molecule has 3 aromatic rings. The average Bonchev–Trinajstić information content (AvgIpc) is 2.63. The second kappa shape index (κ2) is 7.13. The van der Waals surface area contributed by atoms with E-state index in [1.807, 2.05) is 48.5 Å². The van der Waals surface area contributed by atoms with Gasteiger partial charge in [-0.15, -0.1) is 0 Å². The van der Waals surface area contributed by atoms with Gasteiger partial charge in [0.05, 0.1) is 0 Å². The molecule has 0 atom stereocenters. The molecule has 112 valence electrons. The number of rotatable bonds is 5. The minimum absolute atomic E-state index is 0.531. The lowest BCUT2D eigenvalue weighted by Gasteiger charge is -2.20. The summed E-state index contributed by atoms with van der Waals surface area (Å²) in [7, 11) is -0.808. The van der Waals surface area contributed by atoms with Crippen LogP contribution >= 0.6 is 7.92 Å². The van der Waals surface area contributed by atoms with E-state index in [-0.39, 0.29) is 0 Å². The smallest absolute Gasteiger partial charge is 0.150 e. The van der Waals surface area contributed by atoms with Crippen LogP contribution in [0.15, 0.2) is 78.9 Å². The Morgan fingerprint density at radius 1 is 0.565 bits per heavy atom. The first kappa shape index (κ1) is 15.3. The molecule has 0 saturated heterocycles. The van der Waals surface area contributed by atoms with E-state index in [1.54, 1.807) is 6.07 Å². The van der Waals surface area contributed by atoms with Crippen LogP contribution in [0.1, 0.15) is 20.7 Å². The molecule has 0 spiro atoms. The van der Waals surface area contributed by atoms with Gasteiger partial charge in [-0.2, -0.15) is 0 Å². The molecule has 23 heavy (non-hydrogen) atoms. The van der Waals surface area contributed by atoms with E-state index in [1.165, 1.54) is 10.6 Å². The number of benzene rings is 3. The minimum Gasteiger partial charge on any atom is -0.298 e. The fourth-order valence-corrected chi connectivity index (χ4v) is 4.92. The normalized spacial score (nSPS) is 10.5. The number of hydrogen-bond donors (Lipinski definition) is 0. The van der Waals surface area contributed by atoms with E-state index in [9.17, 15) is 9.59 Å². The van der Waals surface area contributed by atoms with Gasteiger partial charge >= 0.3 is 0 Å². The van der Waals surface area contributed by atoms with Gasteiger partial charge < -0.3 is 0 Å². The van der Waals surface area contributed by atoms with Crippen LogP contribution in [-0.4, -0.2) is 12.6 Å². The zero-order chi connectivity index (χ0) is 16.1. The fourth-order valence-electron chi connectivity index (χ4n) is 2.53. The molecule has 0 aliphatic heterocycles. The second-order valence-electron chi connectivity index (χ2n) is 5.10. The highest BCUT2D eigenvalue weighted by Gasteiger charge is 2.17. The first-order valence-electron chi connectivity index (χ1n) is 7.27. The summed E-state index contributed by atoms with van der Waals surface area (Å²) in [4.78, 5) is 22.4. The van der Waals surface area contributed by atoms with Gasteiger partial charge in [0.15, 0.2) is 0 Å². The molecule has 0 heterocycles. The van der Waals surface area contributed by atoms with E-state index >= 15 is 0 Å². The zero-order valence-corrected chi connectivity index (χ0v) is 13.3. The van der Waals surface area contributed by atoms with E-state index in [2.05, 4.69) is 24.3 Å². The van der Waals surface area contributed by atoms with Crippen LogP contribution in [0.4, 0.5) is 0 Å². The Bertz CT molecular complexity index is 748. The second-order valence-corrected chi connectivity index (χ2v) is 7.32. The molecule has 3 rings (SSSR count).